The topological polar surface area (TPSA) is 84.2 Å². The van der Waals surface area contributed by atoms with Crippen LogP contribution < -0.4 is 4.90 Å². The fraction of sp³-hybridized carbons (Fsp3) is 0.500. The normalized spacial score (nSPS) is 20.0. The number of aryl methyl sites for hydroxylation is 1. The van der Waals surface area contributed by atoms with Gasteiger partial charge in [0.2, 0.25) is 16.0 Å². The van der Waals surface area contributed by atoms with Gasteiger partial charge in [0.1, 0.15) is 0 Å². The monoisotopic (exact) mass is 336 g/mol. The molecule has 3 rings (SSSR count). The number of aromatic nitrogens is 4. The second kappa shape index (κ2) is 5.89. The Morgan fingerprint density at radius 2 is 2.04 bits per heavy atom. The minimum atomic E-state index is -3.16. The molecule has 0 aliphatic carbocycles. The van der Waals surface area contributed by atoms with Crippen LogP contribution in [0.4, 0.5) is 5.95 Å². The molecule has 0 bridgehead atoms. The van der Waals surface area contributed by atoms with Gasteiger partial charge in [0.05, 0.1) is 6.26 Å². The second-order valence-corrected chi connectivity index (χ2v) is 7.76. The molecule has 9 heteroatoms. The van der Waals surface area contributed by atoms with Gasteiger partial charge in [-0.25, -0.2) is 18.1 Å². The van der Waals surface area contributed by atoms with Gasteiger partial charge in [-0.2, -0.15) is 14.4 Å². The Morgan fingerprint density at radius 3 is 2.65 bits per heavy atom. The van der Waals surface area contributed by atoms with E-state index in [9.17, 15) is 8.42 Å². The number of hydrogen-bond donors (Lipinski definition) is 0. The van der Waals surface area contributed by atoms with Crippen LogP contribution in [0, 0.1) is 6.92 Å². The third-order valence-corrected chi connectivity index (χ3v) is 5.15. The number of hydrogen-bond acceptors (Lipinski definition) is 6. The van der Waals surface area contributed by atoms with Crippen LogP contribution in [0.3, 0.4) is 0 Å². The Morgan fingerprint density at radius 1 is 1.26 bits per heavy atom. The molecule has 3 heterocycles. The highest BCUT2D eigenvalue weighted by atomic mass is 32.2. The SMILES string of the molecule is Cc1cc(-n2cccn2)nc(N2CCN(S(C)(=O)=O)CC2C)n1. The minimum absolute atomic E-state index is 0.00532. The molecule has 124 valence electrons. The van der Waals surface area contributed by atoms with Gasteiger partial charge in [-0.3, -0.25) is 0 Å². The van der Waals surface area contributed by atoms with Crippen LogP contribution in [0.1, 0.15) is 12.6 Å². The molecule has 23 heavy (non-hydrogen) atoms. The zero-order chi connectivity index (χ0) is 16.6. The molecule has 0 spiro atoms. The Balaban J connectivity index is 1.88. The summed E-state index contributed by atoms with van der Waals surface area (Å²) in [6.07, 6.45) is 4.77. The minimum Gasteiger partial charge on any atom is -0.335 e. The van der Waals surface area contributed by atoms with Crippen molar-refractivity contribution in [1.29, 1.82) is 0 Å². The largest absolute Gasteiger partial charge is 0.335 e. The highest BCUT2D eigenvalue weighted by Gasteiger charge is 2.30. The van der Waals surface area contributed by atoms with E-state index in [4.69, 9.17) is 0 Å². The first-order valence-electron chi connectivity index (χ1n) is 7.42. The van der Waals surface area contributed by atoms with E-state index in [1.165, 1.54) is 10.6 Å². The van der Waals surface area contributed by atoms with Gasteiger partial charge in [0, 0.05) is 49.8 Å². The van der Waals surface area contributed by atoms with Crippen LogP contribution in [-0.2, 0) is 10.0 Å². The summed E-state index contributed by atoms with van der Waals surface area (Å²) in [5, 5.41) is 4.20. The standard InChI is InChI=1S/C14H20N6O2S/c1-11-9-13(20-6-4-5-15-20)17-14(16-11)19-8-7-18(10-12(19)2)23(3,21)22/h4-6,9,12H,7-8,10H2,1-3H3. The van der Waals surface area contributed by atoms with Gasteiger partial charge < -0.3 is 4.90 Å². The van der Waals surface area contributed by atoms with Crippen LogP contribution in [0.15, 0.2) is 24.5 Å². The lowest BCUT2D eigenvalue weighted by molar-refractivity contribution is 0.342. The van der Waals surface area contributed by atoms with E-state index >= 15 is 0 Å². The summed E-state index contributed by atoms with van der Waals surface area (Å²) >= 11 is 0. The Labute approximate surface area is 135 Å². The average molecular weight is 336 g/mol. The van der Waals surface area contributed by atoms with Crippen molar-refractivity contribution in [2.24, 2.45) is 0 Å². The maximum atomic E-state index is 11.7. The van der Waals surface area contributed by atoms with Crippen molar-refractivity contribution in [3.05, 3.63) is 30.2 Å². The average Bonchev–Trinajstić information content (AvgIpc) is 2.99. The molecule has 2 aromatic rings. The number of piperazine rings is 1. The zero-order valence-electron chi connectivity index (χ0n) is 13.4. The van der Waals surface area contributed by atoms with Crippen molar-refractivity contribution >= 4 is 16.0 Å². The van der Waals surface area contributed by atoms with Gasteiger partial charge in [-0.15, -0.1) is 0 Å². The van der Waals surface area contributed by atoms with Crippen molar-refractivity contribution in [2.45, 2.75) is 19.9 Å². The molecule has 2 aromatic heterocycles. The Bertz CT molecular complexity index is 790. The number of sulfonamides is 1. The number of nitrogens with zero attached hydrogens (tertiary/aromatic N) is 6. The van der Waals surface area contributed by atoms with Crippen molar-refractivity contribution in [1.82, 2.24) is 24.1 Å². The molecule has 0 radical (unpaired) electrons. The van der Waals surface area contributed by atoms with Gasteiger partial charge in [0.15, 0.2) is 5.82 Å². The first-order chi connectivity index (χ1) is 10.8. The van der Waals surface area contributed by atoms with E-state index in [2.05, 4.69) is 15.1 Å². The fourth-order valence-electron chi connectivity index (χ4n) is 2.71. The lowest BCUT2D eigenvalue weighted by Crippen LogP contribution is -2.54. The zero-order valence-corrected chi connectivity index (χ0v) is 14.2. The maximum absolute atomic E-state index is 11.7. The first kappa shape index (κ1) is 15.9. The molecule has 1 atom stereocenters. The highest BCUT2D eigenvalue weighted by molar-refractivity contribution is 7.88. The summed E-state index contributed by atoms with van der Waals surface area (Å²) in [6, 6.07) is 3.71. The number of rotatable bonds is 3. The summed E-state index contributed by atoms with van der Waals surface area (Å²) in [5.41, 5.74) is 0.846. The molecular weight excluding hydrogens is 316 g/mol. The predicted molar refractivity (Wildman–Crippen MR) is 87.1 cm³/mol. The molecule has 1 aliphatic rings. The van der Waals surface area contributed by atoms with Crippen LogP contribution in [-0.4, -0.2) is 64.4 Å². The van der Waals surface area contributed by atoms with Gasteiger partial charge >= 0.3 is 0 Å². The lowest BCUT2D eigenvalue weighted by Gasteiger charge is -2.38. The molecule has 8 nitrogen and oxygen atoms in total. The van der Waals surface area contributed by atoms with Crippen molar-refractivity contribution in [3.8, 4) is 5.82 Å². The third-order valence-electron chi connectivity index (χ3n) is 3.88. The molecule has 1 saturated heterocycles. The van der Waals surface area contributed by atoms with Crippen molar-refractivity contribution in [2.75, 3.05) is 30.8 Å². The fourth-order valence-corrected chi connectivity index (χ4v) is 3.61. The van der Waals surface area contributed by atoms with E-state index in [-0.39, 0.29) is 6.04 Å². The predicted octanol–water partition coefficient (Wildman–Crippen LogP) is 0.441. The summed E-state index contributed by atoms with van der Waals surface area (Å²) in [7, 11) is -3.16. The quantitative estimate of drug-likeness (QED) is 0.809. The summed E-state index contributed by atoms with van der Waals surface area (Å²) in [6.45, 7) is 5.34. The second-order valence-electron chi connectivity index (χ2n) is 5.78. The molecule has 0 saturated carbocycles. The van der Waals surface area contributed by atoms with E-state index in [1.54, 1.807) is 10.9 Å². The molecule has 0 amide bonds. The van der Waals surface area contributed by atoms with Crippen LogP contribution in [0.2, 0.25) is 0 Å². The van der Waals surface area contributed by atoms with E-state index in [1.807, 2.05) is 37.1 Å². The molecule has 0 N–H and O–H groups in total. The summed E-state index contributed by atoms with van der Waals surface area (Å²) in [5.74, 6) is 1.31. The lowest BCUT2D eigenvalue weighted by atomic mass is 10.2. The summed E-state index contributed by atoms with van der Waals surface area (Å²) < 4.78 is 26.6. The van der Waals surface area contributed by atoms with Gasteiger partial charge in [0.25, 0.3) is 0 Å². The highest BCUT2D eigenvalue weighted by Crippen LogP contribution is 2.20. The Kier molecular flexibility index (Phi) is 4.07. The van der Waals surface area contributed by atoms with Crippen molar-refractivity contribution < 1.29 is 8.42 Å². The smallest absolute Gasteiger partial charge is 0.227 e. The molecule has 1 fully saturated rings. The first-order valence-corrected chi connectivity index (χ1v) is 9.27. The summed E-state index contributed by atoms with van der Waals surface area (Å²) in [4.78, 5) is 11.1. The van der Waals surface area contributed by atoms with Crippen LogP contribution >= 0.6 is 0 Å². The van der Waals surface area contributed by atoms with Gasteiger partial charge in [-0.05, 0) is 19.9 Å². The van der Waals surface area contributed by atoms with E-state index in [0.29, 0.717) is 31.4 Å². The van der Waals surface area contributed by atoms with Gasteiger partial charge in [-0.1, -0.05) is 0 Å². The molecular formula is C14H20N6O2S. The third kappa shape index (κ3) is 3.35. The van der Waals surface area contributed by atoms with Crippen LogP contribution in [0.5, 0.6) is 0 Å². The van der Waals surface area contributed by atoms with Crippen LogP contribution in [0.25, 0.3) is 5.82 Å². The molecule has 1 aliphatic heterocycles. The Hall–Kier alpha value is -2.00. The van der Waals surface area contributed by atoms with E-state index in [0.717, 1.165) is 5.69 Å². The van der Waals surface area contributed by atoms with Crippen molar-refractivity contribution in [3.63, 3.8) is 0 Å². The maximum Gasteiger partial charge on any atom is 0.227 e. The molecule has 0 aromatic carbocycles. The van der Waals surface area contributed by atoms with E-state index < -0.39 is 10.0 Å². The number of anilines is 1. The molecule has 1 unspecified atom stereocenters.